The van der Waals surface area contributed by atoms with Gasteiger partial charge in [0.1, 0.15) is 11.4 Å². The van der Waals surface area contributed by atoms with Gasteiger partial charge in [-0.1, -0.05) is 17.8 Å². The highest BCUT2D eigenvalue weighted by molar-refractivity contribution is 8.00. The zero-order valence-electron chi connectivity index (χ0n) is 18.0. The van der Waals surface area contributed by atoms with E-state index in [4.69, 9.17) is 10.5 Å². The molecule has 32 heavy (non-hydrogen) atoms. The minimum Gasteiger partial charge on any atom is -0.384 e. The number of carbonyl (C=O) groups excluding carboxylic acids is 1. The fourth-order valence-electron chi connectivity index (χ4n) is 3.63. The fraction of sp³-hybridized carbons (Fsp3) is 0.450. The largest absolute Gasteiger partial charge is 0.384 e. The Hall–Kier alpha value is -2.70. The molecule has 4 heterocycles. The molecule has 170 valence electrons. The van der Waals surface area contributed by atoms with Crippen LogP contribution in [0.4, 0.5) is 5.82 Å². The average Bonchev–Trinajstić information content (AvgIpc) is 3.54. The highest BCUT2D eigenvalue weighted by atomic mass is 32.2. The second kappa shape index (κ2) is 9.04. The van der Waals surface area contributed by atoms with Crippen LogP contribution in [0.1, 0.15) is 30.1 Å². The van der Waals surface area contributed by atoms with Gasteiger partial charge in [0.15, 0.2) is 16.8 Å². The zero-order valence-corrected chi connectivity index (χ0v) is 19.6. The van der Waals surface area contributed by atoms with Crippen molar-refractivity contribution < 1.29 is 9.53 Å². The van der Waals surface area contributed by atoms with Gasteiger partial charge >= 0.3 is 5.69 Å². The van der Waals surface area contributed by atoms with Gasteiger partial charge in [0.2, 0.25) is 0 Å². The number of Topliss-reactive ketones (excluding diaryl/α,β-unsaturated/α-hetero) is 1. The lowest BCUT2D eigenvalue weighted by atomic mass is 10.1. The van der Waals surface area contributed by atoms with Crippen LogP contribution in [0.3, 0.4) is 0 Å². The summed E-state index contributed by atoms with van der Waals surface area (Å²) in [5.41, 5.74) is 4.48. The van der Waals surface area contributed by atoms with E-state index in [1.54, 1.807) is 18.3 Å². The normalized spacial score (nSPS) is 17.0. The van der Waals surface area contributed by atoms with Crippen LogP contribution in [-0.4, -0.2) is 47.6 Å². The molecule has 0 spiro atoms. The third kappa shape index (κ3) is 4.05. The van der Waals surface area contributed by atoms with Crippen LogP contribution in [0.5, 0.6) is 0 Å². The average molecular weight is 477 g/mol. The van der Waals surface area contributed by atoms with E-state index in [0.717, 1.165) is 39.3 Å². The molecule has 2 N–H and O–H groups in total. The van der Waals surface area contributed by atoms with Crippen LogP contribution >= 0.6 is 23.1 Å². The monoisotopic (exact) mass is 476 g/mol. The number of nitrogens with two attached hydrogens (primary N) is 1. The van der Waals surface area contributed by atoms with E-state index in [0.29, 0.717) is 11.7 Å². The molecule has 0 radical (unpaired) electrons. The summed E-state index contributed by atoms with van der Waals surface area (Å²) in [6, 6.07) is 3.92. The first-order chi connectivity index (χ1) is 15.3. The van der Waals surface area contributed by atoms with Gasteiger partial charge < -0.3 is 10.5 Å². The molecule has 0 amide bonds. The van der Waals surface area contributed by atoms with Crippen molar-refractivity contribution in [1.29, 1.82) is 0 Å². The van der Waals surface area contributed by atoms with E-state index in [-0.39, 0.29) is 17.5 Å². The van der Waals surface area contributed by atoms with Crippen molar-refractivity contribution in [3.05, 3.63) is 43.9 Å². The maximum absolute atomic E-state index is 13.2. The number of hydrogen-bond donors (Lipinski definition) is 1. The Morgan fingerprint density at radius 3 is 2.78 bits per heavy atom. The Morgan fingerprint density at radius 2 is 2.12 bits per heavy atom. The fourth-order valence-corrected chi connectivity index (χ4v) is 5.26. The Bertz CT molecular complexity index is 1250. The predicted molar refractivity (Wildman–Crippen MR) is 123 cm³/mol. The zero-order chi connectivity index (χ0) is 23.0. The van der Waals surface area contributed by atoms with E-state index in [2.05, 4.69) is 10.2 Å². The topological polar surface area (TPSA) is 127 Å². The van der Waals surface area contributed by atoms with Gasteiger partial charge in [-0.15, -0.1) is 21.5 Å². The first-order valence-electron chi connectivity index (χ1n) is 10.1. The van der Waals surface area contributed by atoms with E-state index in [9.17, 15) is 14.4 Å². The third-order valence-electron chi connectivity index (χ3n) is 5.48. The lowest BCUT2D eigenvalue weighted by Gasteiger charge is -2.17. The van der Waals surface area contributed by atoms with Gasteiger partial charge in [0, 0.05) is 20.7 Å². The SMILES string of the molecule is CC(Sc1nnc(-c2cccs2)n1CC1CCCO1)C(=O)c1c(N)n(C)c(=O)n(C)c1=O. The van der Waals surface area contributed by atoms with Crippen LogP contribution in [0.2, 0.25) is 0 Å². The highest BCUT2D eigenvalue weighted by Crippen LogP contribution is 2.31. The maximum atomic E-state index is 13.2. The van der Waals surface area contributed by atoms with Crippen molar-refractivity contribution in [3.63, 3.8) is 0 Å². The Kier molecular flexibility index (Phi) is 6.35. The van der Waals surface area contributed by atoms with Crippen LogP contribution < -0.4 is 17.0 Å². The Balaban J connectivity index is 1.66. The number of aromatic nitrogens is 5. The maximum Gasteiger partial charge on any atom is 0.332 e. The molecular weight excluding hydrogens is 452 g/mol. The number of ketones is 1. The highest BCUT2D eigenvalue weighted by Gasteiger charge is 2.28. The molecular formula is C20H24N6O4S2. The smallest absolute Gasteiger partial charge is 0.332 e. The van der Waals surface area contributed by atoms with Crippen molar-refractivity contribution in [2.24, 2.45) is 14.1 Å². The van der Waals surface area contributed by atoms with Crippen molar-refractivity contribution in [1.82, 2.24) is 23.9 Å². The molecule has 12 heteroatoms. The molecule has 2 atom stereocenters. The Morgan fingerprint density at radius 1 is 1.34 bits per heavy atom. The summed E-state index contributed by atoms with van der Waals surface area (Å²) in [6.45, 7) is 2.99. The number of anilines is 1. The summed E-state index contributed by atoms with van der Waals surface area (Å²) >= 11 is 2.76. The summed E-state index contributed by atoms with van der Waals surface area (Å²) in [4.78, 5) is 38.8. The lowest BCUT2D eigenvalue weighted by molar-refractivity contribution is 0.0953. The molecule has 3 aromatic rings. The van der Waals surface area contributed by atoms with Gasteiger partial charge in [-0.2, -0.15) is 0 Å². The molecule has 0 bridgehead atoms. The van der Waals surface area contributed by atoms with Gasteiger partial charge in [-0.05, 0) is 31.2 Å². The first kappa shape index (κ1) is 22.5. The lowest BCUT2D eigenvalue weighted by Crippen LogP contribution is -2.42. The van der Waals surface area contributed by atoms with E-state index in [1.165, 1.54) is 25.9 Å². The van der Waals surface area contributed by atoms with E-state index >= 15 is 0 Å². The van der Waals surface area contributed by atoms with Crippen LogP contribution in [0.15, 0.2) is 32.3 Å². The van der Waals surface area contributed by atoms with Crippen LogP contribution in [-0.2, 0) is 25.4 Å². The van der Waals surface area contributed by atoms with Crippen LogP contribution in [0, 0.1) is 0 Å². The number of ether oxygens (including phenoxy) is 1. The summed E-state index contributed by atoms with van der Waals surface area (Å²) in [6.07, 6.45) is 2.01. The summed E-state index contributed by atoms with van der Waals surface area (Å²) < 4.78 is 9.76. The molecule has 4 rings (SSSR count). The minimum absolute atomic E-state index is 0.0571. The third-order valence-corrected chi connectivity index (χ3v) is 7.42. The summed E-state index contributed by atoms with van der Waals surface area (Å²) in [5.74, 6) is 0.110. The van der Waals surface area contributed by atoms with Gasteiger partial charge in [0.05, 0.1) is 22.8 Å². The number of carbonyl (C=O) groups is 1. The minimum atomic E-state index is -0.705. The molecule has 1 fully saturated rings. The second-order valence-corrected chi connectivity index (χ2v) is 9.88. The Labute approximate surface area is 192 Å². The number of thioether (sulfide) groups is 1. The number of nitrogens with zero attached hydrogens (tertiary/aromatic N) is 5. The number of thiophene rings is 1. The molecule has 1 saturated heterocycles. The summed E-state index contributed by atoms with van der Waals surface area (Å²) in [7, 11) is 2.75. The molecule has 1 aliphatic heterocycles. The molecule has 1 aliphatic rings. The molecule has 3 aromatic heterocycles. The molecule has 0 aliphatic carbocycles. The molecule has 0 saturated carbocycles. The van der Waals surface area contributed by atoms with Crippen LogP contribution in [0.25, 0.3) is 10.7 Å². The van der Waals surface area contributed by atoms with Gasteiger partial charge in [-0.3, -0.25) is 23.3 Å². The number of rotatable bonds is 7. The van der Waals surface area contributed by atoms with E-state index in [1.807, 2.05) is 22.1 Å². The molecule has 2 unspecified atom stereocenters. The van der Waals surface area contributed by atoms with Crippen molar-refractivity contribution >= 4 is 34.7 Å². The predicted octanol–water partition coefficient (Wildman–Crippen LogP) is 1.53. The van der Waals surface area contributed by atoms with Gasteiger partial charge in [-0.25, -0.2) is 4.79 Å². The van der Waals surface area contributed by atoms with Crippen molar-refractivity contribution in [2.45, 2.75) is 42.8 Å². The molecule has 10 nitrogen and oxygen atoms in total. The first-order valence-corrected chi connectivity index (χ1v) is 11.9. The standard InChI is InChI=1S/C20H24N6O4S2/c1-11(15(27)14-16(21)24(2)20(29)25(3)18(14)28)32-19-23-22-17(13-7-5-9-31-13)26(19)10-12-6-4-8-30-12/h5,7,9,11-12H,4,6,8,10,21H2,1-3H3. The number of nitrogen functional groups attached to an aromatic ring is 1. The van der Waals surface area contributed by atoms with Gasteiger partial charge in [0.25, 0.3) is 5.56 Å². The molecule has 0 aromatic carbocycles. The van der Waals surface area contributed by atoms with Crippen molar-refractivity contribution in [2.75, 3.05) is 12.3 Å². The second-order valence-electron chi connectivity index (χ2n) is 7.62. The number of hydrogen-bond acceptors (Lipinski definition) is 9. The quantitative estimate of drug-likeness (QED) is 0.402. The van der Waals surface area contributed by atoms with Crippen molar-refractivity contribution in [3.8, 4) is 10.7 Å². The van der Waals surface area contributed by atoms with E-state index < -0.39 is 22.3 Å². The summed E-state index contributed by atoms with van der Waals surface area (Å²) in [5, 5.41) is 10.5.